The van der Waals surface area contributed by atoms with Crippen LogP contribution in [0.25, 0.3) is 0 Å². The standard InChI is InChI=1S/C19H21NO4S/c1-14(25-12-11-22-16-5-3-2-4-6-16)19(21)20-15-7-8-17-18(13-15)24-10-9-23-17/h2-8,13-14H,9-12H2,1H3,(H,20,21)/t14-/m0/s1. The van der Waals surface area contributed by atoms with Gasteiger partial charge in [0.05, 0.1) is 11.9 Å². The van der Waals surface area contributed by atoms with Gasteiger partial charge in [-0.1, -0.05) is 18.2 Å². The Morgan fingerprint density at radius 3 is 2.72 bits per heavy atom. The second kappa shape index (κ2) is 8.67. The van der Waals surface area contributed by atoms with Gasteiger partial charge in [0.2, 0.25) is 5.91 Å². The summed E-state index contributed by atoms with van der Waals surface area (Å²) < 4.78 is 16.6. The van der Waals surface area contributed by atoms with Gasteiger partial charge in [-0.15, -0.1) is 11.8 Å². The highest BCUT2D eigenvalue weighted by Gasteiger charge is 2.16. The molecule has 1 amide bonds. The summed E-state index contributed by atoms with van der Waals surface area (Å²) in [6.07, 6.45) is 0. The van der Waals surface area contributed by atoms with Crippen molar-refractivity contribution < 1.29 is 19.0 Å². The maximum atomic E-state index is 12.3. The first-order chi connectivity index (χ1) is 12.2. The maximum absolute atomic E-state index is 12.3. The molecular formula is C19H21NO4S. The van der Waals surface area contributed by atoms with E-state index in [1.54, 1.807) is 17.8 Å². The van der Waals surface area contributed by atoms with Crippen LogP contribution in [0.1, 0.15) is 6.92 Å². The topological polar surface area (TPSA) is 56.8 Å². The van der Waals surface area contributed by atoms with E-state index in [4.69, 9.17) is 14.2 Å². The van der Waals surface area contributed by atoms with E-state index in [1.807, 2.05) is 49.4 Å². The highest BCUT2D eigenvalue weighted by atomic mass is 32.2. The molecule has 6 heteroatoms. The molecular weight excluding hydrogens is 338 g/mol. The number of rotatable bonds is 7. The summed E-state index contributed by atoms with van der Waals surface area (Å²) in [6, 6.07) is 15.1. The fraction of sp³-hybridized carbons (Fsp3) is 0.316. The van der Waals surface area contributed by atoms with E-state index in [2.05, 4.69) is 5.32 Å². The summed E-state index contributed by atoms with van der Waals surface area (Å²) in [5.41, 5.74) is 0.710. The van der Waals surface area contributed by atoms with Crippen molar-refractivity contribution in [2.45, 2.75) is 12.2 Å². The van der Waals surface area contributed by atoms with Crippen LogP contribution in [0.5, 0.6) is 17.2 Å². The van der Waals surface area contributed by atoms with Crippen molar-refractivity contribution in [3.63, 3.8) is 0 Å². The Kier molecular flexibility index (Phi) is 6.06. The average molecular weight is 359 g/mol. The van der Waals surface area contributed by atoms with Crippen LogP contribution in [0.2, 0.25) is 0 Å². The van der Waals surface area contributed by atoms with Gasteiger partial charge < -0.3 is 19.5 Å². The Hall–Kier alpha value is -2.34. The molecule has 0 fully saturated rings. The molecule has 0 aromatic heterocycles. The molecule has 25 heavy (non-hydrogen) atoms. The van der Waals surface area contributed by atoms with Crippen LogP contribution in [0.4, 0.5) is 5.69 Å². The molecule has 0 saturated heterocycles. The summed E-state index contributed by atoms with van der Waals surface area (Å²) in [4.78, 5) is 12.3. The Bertz CT molecular complexity index is 708. The van der Waals surface area contributed by atoms with Crippen molar-refractivity contribution in [3.8, 4) is 17.2 Å². The molecule has 0 bridgehead atoms. The van der Waals surface area contributed by atoms with E-state index in [0.717, 1.165) is 11.5 Å². The summed E-state index contributed by atoms with van der Waals surface area (Å²) >= 11 is 1.56. The van der Waals surface area contributed by atoms with E-state index in [1.165, 1.54) is 0 Å². The molecule has 1 aliphatic heterocycles. The third-order valence-electron chi connectivity index (χ3n) is 3.64. The van der Waals surface area contributed by atoms with Crippen LogP contribution >= 0.6 is 11.8 Å². The summed E-state index contributed by atoms with van der Waals surface area (Å²) in [6.45, 7) is 3.53. The second-order valence-corrected chi connectivity index (χ2v) is 6.97. The van der Waals surface area contributed by atoms with Crippen LogP contribution in [0.3, 0.4) is 0 Å². The number of carbonyl (C=O) groups excluding carboxylic acids is 1. The number of ether oxygens (including phenoxy) is 3. The van der Waals surface area contributed by atoms with E-state index >= 15 is 0 Å². The summed E-state index contributed by atoms with van der Waals surface area (Å²) in [5.74, 6) is 2.92. The Balaban J connectivity index is 1.43. The van der Waals surface area contributed by atoms with Gasteiger partial charge in [-0.05, 0) is 31.2 Å². The number of carbonyl (C=O) groups is 1. The quantitative estimate of drug-likeness (QED) is 0.766. The van der Waals surface area contributed by atoms with Crippen LogP contribution in [0, 0.1) is 0 Å². The number of fused-ring (bicyclic) bond motifs is 1. The number of benzene rings is 2. The van der Waals surface area contributed by atoms with Crippen LogP contribution in [-0.2, 0) is 4.79 Å². The predicted molar refractivity (Wildman–Crippen MR) is 99.9 cm³/mol. The second-order valence-electron chi connectivity index (χ2n) is 5.52. The SMILES string of the molecule is C[C@H](SCCOc1ccccc1)C(=O)Nc1ccc2c(c1)OCCO2. The third kappa shape index (κ3) is 5.06. The fourth-order valence-electron chi connectivity index (χ4n) is 2.34. The minimum atomic E-state index is -0.174. The predicted octanol–water partition coefficient (Wildman–Crippen LogP) is 3.60. The minimum absolute atomic E-state index is 0.0404. The molecule has 0 spiro atoms. The van der Waals surface area contributed by atoms with E-state index in [0.29, 0.717) is 37.0 Å². The van der Waals surface area contributed by atoms with Crippen LogP contribution < -0.4 is 19.5 Å². The Morgan fingerprint density at radius 1 is 1.16 bits per heavy atom. The Morgan fingerprint density at radius 2 is 1.92 bits per heavy atom. The van der Waals surface area contributed by atoms with Crippen LogP contribution in [-0.4, -0.2) is 36.7 Å². The smallest absolute Gasteiger partial charge is 0.237 e. The van der Waals surface area contributed by atoms with Gasteiger partial charge in [0, 0.05) is 17.5 Å². The van der Waals surface area contributed by atoms with Crippen molar-refractivity contribution in [2.24, 2.45) is 0 Å². The van der Waals surface area contributed by atoms with Crippen molar-refractivity contribution in [1.29, 1.82) is 0 Å². The van der Waals surface area contributed by atoms with Gasteiger partial charge in [0.1, 0.15) is 19.0 Å². The maximum Gasteiger partial charge on any atom is 0.237 e. The molecule has 0 unspecified atom stereocenters. The molecule has 0 aliphatic carbocycles. The lowest BCUT2D eigenvalue weighted by atomic mass is 10.2. The molecule has 2 aromatic rings. The van der Waals surface area contributed by atoms with E-state index < -0.39 is 0 Å². The monoisotopic (exact) mass is 359 g/mol. The van der Waals surface area contributed by atoms with Crippen molar-refractivity contribution in [2.75, 3.05) is 30.9 Å². The molecule has 0 saturated carbocycles. The number of anilines is 1. The molecule has 0 radical (unpaired) electrons. The van der Waals surface area contributed by atoms with Gasteiger partial charge in [0.15, 0.2) is 11.5 Å². The number of para-hydroxylation sites is 1. The van der Waals surface area contributed by atoms with Gasteiger partial charge in [-0.3, -0.25) is 4.79 Å². The zero-order valence-electron chi connectivity index (χ0n) is 14.1. The molecule has 3 rings (SSSR count). The number of hydrogen-bond donors (Lipinski definition) is 1. The largest absolute Gasteiger partial charge is 0.493 e. The minimum Gasteiger partial charge on any atom is -0.493 e. The number of nitrogens with one attached hydrogen (secondary N) is 1. The lowest BCUT2D eigenvalue weighted by Crippen LogP contribution is -2.23. The first-order valence-electron chi connectivity index (χ1n) is 8.22. The number of amides is 1. The highest BCUT2D eigenvalue weighted by Crippen LogP contribution is 2.32. The zero-order chi connectivity index (χ0) is 17.5. The Labute approximate surface area is 151 Å². The summed E-state index contributed by atoms with van der Waals surface area (Å²) in [5, 5.41) is 2.74. The fourth-order valence-corrected chi connectivity index (χ4v) is 3.09. The average Bonchev–Trinajstić information content (AvgIpc) is 2.65. The lowest BCUT2D eigenvalue weighted by Gasteiger charge is -2.19. The first-order valence-corrected chi connectivity index (χ1v) is 9.27. The highest BCUT2D eigenvalue weighted by molar-refractivity contribution is 8.00. The number of hydrogen-bond acceptors (Lipinski definition) is 5. The van der Waals surface area contributed by atoms with Crippen molar-refractivity contribution >= 4 is 23.4 Å². The zero-order valence-corrected chi connectivity index (χ0v) is 14.9. The molecule has 132 valence electrons. The lowest BCUT2D eigenvalue weighted by molar-refractivity contribution is -0.115. The van der Waals surface area contributed by atoms with Gasteiger partial charge in [0.25, 0.3) is 0 Å². The first kappa shape index (κ1) is 17.5. The number of thioether (sulfide) groups is 1. The normalized spacial score (nSPS) is 13.8. The van der Waals surface area contributed by atoms with Crippen molar-refractivity contribution in [1.82, 2.24) is 0 Å². The molecule has 1 atom stereocenters. The third-order valence-corrected chi connectivity index (χ3v) is 4.76. The molecule has 5 nitrogen and oxygen atoms in total. The summed E-state index contributed by atoms with van der Waals surface area (Å²) in [7, 11) is 0. The van der Waals surface area contributed by atoms with Gasteiger partial charge in [-0.25, -0.2) is 0 Å². The van der Waals surface area contributed by atoms with Gasteiger partial charge in [-0.2, -0.15) is 0 Å². The molecule has 1 heterocycles. The van der Waals surface area contributed by atoms with Gasteiger partial charge >= 0.3 is 0 Å². The molecule has 1 aliphatic rings. The van der Waals surface area contributed by atoms with Crippen molar-refractivity contribution in [3.05, 3.63) is 48.5 Å². The molecule has 2 aromatic carbocycles. The van der Waals surface area contributed by atoms with E-state index in [9.17, 15) is 4.79 Å². The molecule has 1 N–H and O–H groups in total. The van der Waals surface area contributed by atoms with Crippen LogP contribution in [0.15, 0.2) is 48.5 Å². The van der Waals surface area contributed by atoms with E-state index in [-0.39, 0.29) is 11.2 Å².